The molecule has 0 radical (unpaired) electrons. The van der Waals surface area contributed by atoms with Gasteiger partial charge in [-0.1, -0.05) is 23.8 Å². The number of nitriles is 1. The van der Waals surface area contributed by atoms with Crippen LogP contribution in [0.2, 0.25) is 0 Å². The predicted octanol–water partition coefficient (Wildman–Crippen LogP) is 3.44. The Bertz CT molecular complexity index is 907. The Morgan fingerprint density at radius 1 is 1.25 bits per heavy atom. The fourth-order valence-electron chi connectivity index (χ4n) is 2.06. The minimum Gasteiger partial charge on any atom is -0.504 e. The zero-order valence-corrected chi connectivity index (χ0v) is 14.2. The highest BCUT2D eigenvalue weighted by Crippen LogP contribution is 2.29. The second-order valence-corrected chi connectivity index (χ2v) is 7.02. The van der Waals surface area contributed by atoms with Gasteiger partial charge in [-0.2, -0.15) is 5.26 Å². The Morgan fingerprint density at radius 3 is 2.50 bits per heavy atom. The molecule has 2 rings (SSSR count). The number of ether oxygens (including phenoxy) is 1. The molecular formula is C18H17NO4S. The number of allylic oxidation sites excluding steroid dienone is 1. The molecule has 124 valence electrons. The fraction of sp³-hybridized carbons (Fsp3) is 0.167. The Kier molecular flexibility index (Phi) is 5.27. The van der Waals surface area contributed by atoms with Crippen LogP contribution >= 0.6 is 0 Å². The van der Waals surface area contributed by atoms with Gasteiger partial charge in [-0.05, 0) is 49.8 Å². The summed E-state index contributed by atoms with van der Waals surface area (Å²) in [5.74, 6) is 0.185. The maximum Gasteiger partial charge on any atom is 0.216 e. The molecule has 0 amide bonds. The first kappa shape index (κ1) is 17.6. The molecule has 24 heavy (non-hydrogen) atoms. The first-order chi connectivity index (χ1) is 11.4. The summed E-state index contributed by atoms with van der Waals surface area (Å²) in [6.07, 6.45) is 1.26. The summed E-state index contributed by atoms with van der Waals surface area (Å²) in [6, 6.07) is 12.4. The third kappa shape index (κ3) is 3.76. The number of nitrogens with zero attached hydrogens (tertiary/aromatic N) is 1. The molecule has 0 saturated heterocycles. The third-order valence-corrected chi connectivity index (χ3v) is 4.99. The second kappa shape index (κ2) is 7.20. The molecule has 0 atom stereocenters. The largest absolute Gasteiger partial charge is 0.504 e. The van der Waals surface area contributed by atoms with Crippen LogP contribution in [-0.4, -0.2) is 20.1 Å². The molecule has 0 bridgehead atoms. The van der Waals surface area contributed by atoms with Gasteiger partial charge in [0.05, 0.1) is 11.5 Å². The van der Waals surface area contributed by atoms with Crippen LogP contribution in [0.15, 0.2) is 52.3 Å². The smallest absolute Gasteiger partial charge is 0.216 e. The number of sulfone groups is 1. The minimum atomic E-state index is -3.90. The maximum atomic E-state index is 12.6. The molecule has 0 aromatic heterocycles. The van der Waals surface area contributed by atoms with Gasteiger partial charge in [-0.15, -0.1) is 0 Å². The average Bonchev–Trinajstić information content (AvgIpc) is 2.56. The van der Waals surface area contributed by atoms with Crippen LogP contribution in [0.1, 0.15) is 18.1 Å². The van der Waals surface area contributed by atoms with Crippen molar-refractivity contribution < 1.29 is 18.3 Å². The van der Waals surface area contributed by atoms with Gasteiger partial charge < -0.3 is 9.84 Å². The lowest BCUT2D eigenvalue weighted by Crippen LogP contribution is -2.03. The lowest BCUT2D eigenvalue weighted by Gasteiger charge is -2.07. The summed E-state index contributed by atoms with van der Waals surface area (Å²) >= 11 is 0. The van der Waals surface area contributed by atoms with E-state index in [1.807, 2.05) is 6.92 Å². The van der Waals surface area contributed by atoms with Gasteiger partial charge in [-0.3, -0.25) is 0 Å². The van der Waals surface area contributed by atoms with E-state index in [2.05, 4.69) is 0 Å². The Balaban J connectivity index is 2.48. The number of hydrogen-bond donors (Lipinski definition) is 1. The van der Waals surface area contributed by atoms with Gasteiger partial charge in [0.1, 0.15) is 11.0 Å². The molecule has 6 heteroatoms. The van der Waals surface area contributed by atoms with Crippen LogP contribution in [0.3, 0.4) is 0 Å². The van der Waals surface area contributed by atoms with Crippen molar-refractivity contribution in [1.82, 2.24) is 0 Å². The first-order valence-corrected chi connectivity index (χ1v) is 8.76. The SMILES string of the molecule is CCOc1cc(/C=C(\C#N)S(=O)(=O)c2ccc(C)cc2)ccc1O. The molecule has 0 saturated carbocycles. The molecule has 2 aromatic rings. The summed E-state index contributed by atoms with van der Waals surface area (Å²) in [5.41, 5.74) is 1.37. The van der Waals surface area contributed by atoms with E-state index in [0.717, 1.165) is 5.56 Å². The van der Waals surface area contributed by atoms with Gasteiger partial charge in [0, 0.05) is 0 Å². The zero-order valence-electron chi connectivity index (χ0n) is 13.4. The van der Waals surface area contributed by atoms with Crippen molar-refractivity contribution in [3.63, 3.8) is 0 Å². The van der Waals surface area contributed by atoms with Crippen molar-refractivity contribution in [3.8, 4) is 17.6 Å². The maximum absolute atomic E-state index is 12.6. The summed E-state index contributed by atoms with van der Waals surface area (Å²) in [5, 5.41) is 19.0. The number of aromatic hydroxyl groups is 1. The van der Waals surface area contributed by atoms with Gasteiger partial charge in [0.2, 0.25) is 9.84 Å². The van der Waals surface area contributed by atoms with Gasteiger partial charge in [0.15, 0.2) is 11.5 Å². The molecule has 0 unspecified atom stereocenters. The van der Waals surface area contributed by atoms with Crippen LogP contribution in [0.5, 0.6) is 11.5 Å². The first-order valence-electron chi connectivity index (χ1n) is 7.28. The number of aryl methyl sites for hydroxylation is 1. The lowest BCUT2D eigenvalue weighted by atomic mass is 10.2. The van der Waals surface area contributed by atoms with E-state index in [0.29, 0.717) is 12.2 Å². The molecule has 1 N–H and O–H groups in total. The third-order valence-electron chi connectivity index (χ3n) is 3.31. The summed E-state index contributed by atoms with van der Waals surface area (Å²) in [6.45, 7) is 3.97. The van der Waals surface area contributed by atoms with Crippen molar-refractivity contribution in [3.05, 3.63) is 58.5 Å². The van der Waals surface area contributed by atoms with Crippen molar-refractivity contribution in [2.45, 2.75) is 18.7 Å². The van der Waals surface area contributed by atoms with Crippen molar-refractivity contribution in [2.75, 3.05) is 6.61 Å². The quantitative estimate of drug-likeness (QED) is 0.840. The second-order valence-electron chi connectivity index (χ2n) is 5.10. The molecule has 0 aliphatic rings. The molecule has 0 heterocycles. The van der Waals surface area contributed by atoms with Gasteiger partial charge in [-0.25, -0.2) is 8.42 Å². The van der Waals surface area contributed by atoms with Crippen LogP contribution < -0.4 is 4.74 Å². The highest BCUT2D eigenvalue weighted by atomic mass is 32.2. The molecule has 0 fully saturated rings. The van der Waals surface area contributed by atoms with Crippen LogP contribution in [0.4, 0.5) is 0 Å². The highest BCUT2D eigenvalue weighted by Gasteiger charge is 2.20. The summed E-state index contributed by atoms with van der Waals surface area (Å²) in [7, 11) is -3.90. The number of phenols is 1. The lowest BCUT2D eigenvalue weighted by molar-refractivity contribution is 0.318. The molecule has 0 spiro atoms. The zero-order chi connectivity index (χ0) is 17.7. The Hall–Kier alpha value is -2.78. The monoisotopic (exact) mass is 343 g/mol. The molecule has 5 nitrogen and oxygen atoms in total. The van der Waals surface area contributed by atoms with Crippen molar-refractivity contribution >= 4 is 15.9 Å². The number of phenolic OH excluding ortho intramolecular Hbond substituents is 1. The van der Waals surface area contributed by atoms with Gasteiger partial charge >= 0.3 is 0 Å². The topological polar surface area (TPSA) is 87.4 Å². The van der Waals surface area contributed by atoms with E-state index >= 15 is 0 Å². The van der Waals surface area contributed by atoms with Crippen LogP contribution in [0.25, 0.3) is 6.08 Å². The van der Waals surface area contributed by atoms with Crippen LogP contribution in [-0.2, 0) is 9.84 Å². The molecule has 0 aliphatic heterocycles. The summed E-state index contributed by atoms with van der Waals surface area (Å²) < 4.78 is 30.4. The van der Waals surface area contributed by atoms with E-state index in [4.69, 9.17) is 4.74 Å². The fourth-order valence-corrected chi connectivity index (χ4v) is 3.22. The summed E-state index contributed by atoms with van der Waals surface area (Å²) in [4.78, 5) is -0.316. The Labute approximate surface area is 141 Å². The molecule has 2 aromatic carbocycles. The minimum absolute atomic E-state index is 0.0473. The molecule has 0 aliphatic carbocycles. The van der Waals surface area contributed by atoms with E-state index in [1.165, 1.54) is 36.4 Å². The van der Waals surface area contributed by atoms with E-state index < -0.39 is 9.84 Å². The number of rotatable bonds is 5. The predicted molar refractivity (Wildman–Crippen MR) is 91.2 cm³/mol. The highest BCUT2D eigenvalue weighted by molar-refractivity contribution is 7.95. The van der Waals surface area contributed by atoms with Crippen molar-refractivity contribution in [2.24, 2.45) is 0 Å². The van der Waals surface area contributed by atoms with Crippen LogP contribution in [0, 0.1) is 18.3 Å². The molecular weight excluding hydrogens is 326 g/mol. The number of benzene rings is 2. The van der Waals surface area contributed by atoms with E-state index in [9.17, 15) is 18.8 Å². The van der Waals surface area contributed by atoms with E-state index in [-0.39, 0.29) is 21.3 Å². The van der Waals surface area contributed by atoms with Gasteiger partial charge in [0.25, 0.3) is 0 Å². The number of hydrogen-bond acceptors (Lipinski definition) is 5. The normalized spacial score (nSPS) is 11.8. The van der Waals surface area contributed by atoms with E-state index in [1.54, 1.807) is 25.1 Å². The Morgan fingerprint density at radius 2 is 1.92 bits per heavy atom. The van der Waals surface area contributed by atoms with Crippen molar-refractivity contribution in [1.29, 1.82) is 5.26 Å². The average molecular weight is 343 g/mol. The standard InChI is InChI=1S/C18H17NO4S/c1-3-23-18-11-14(6-9-17(18)20)10-16(12-19)24(21,22)15-7-4-13(2)5-8-15/h4-11,20H,3H2,1-2H3/b16-10+.